The van der Waals surface area contributed by atoms with Gasteiger partial charge in [0.05, 0.1) is 6.04 Å². The molecule has 1 amide bonds. The van der Waals surface area contributed by atoms with E-state index < -0.39 is 0 Å². The number of piperidine rings is 1. The van der Waals surface area contributed by atoms with Gasteiger partial charge >= 0.3 is 0 Å². The average Bonchev–Trinajstić information content (AvgIpc) is 2.28. The maximum Gasteiger partial charge on any atom is 0.239 e. The number of carbonyl (C=O) groups excluding carboxylic acids is 1. The molecule has 0 aromatic carbocycles. The van der Waals surface area contributed by atoms with Crippen LogP contribution < -0.4 is 5.32 Å². The van der Waals surface area contributed by atoms with E-state index >= 15 is 0 Å². The molecule has 3 nitrogen and oxygen atoms in total. The van der Waals surface area contributed by atoms with E-state index in [1.165, 1.54) is 6.42 Å². The Morgan fingerprint density at radius 3 is 2.44 bits per heavy atom. The van der Waals surface area contributed by atoms with E-state index in [9.17, 15) is 4.79 Å². The second-order valence-electron chi connectivity index (χ2n) is 6.37. The fourth-order valence-corrected chi connectivity index (χ4v) is 2.62. The lowest BCUT2D eigenvalue weighted by molar-refractivity contribution is -0.138. The second kappa shape index (κ2) is 7.13. The minimum Gasteiger partial charge on any atom is -0.339 e. The molecule has 0 spiro atoms. The Labute approximate surface area is 112 Å². The van der Waals surface area contributed by atoms with Crippen molar-refractivity contribution >= 4 is 5.91 Å². The van der Waals surface area contributed by atoms with E-state index in [-0.39, 0.29) is 6.04 Å². The summed E-state index contributed by atoms with van der Waals surface area (Å²) in [6.07, 6.45) is 4.44. The van der Waals surface area contributed by atoms with Crippen molar-refractivity contribution in [3.63, 3.8) is 0 Å². The molecule has 106 valence electrons. The summed E-state index contributed by atoms with van der Waals surface area (Å²) in [5.74, 6) is 1.03. The molecule has 1 heterocycles. The maximum atomic E-state index is 12.4. The lowest BCUT2D eigenvalue weighted by Gasteiger charge is -2.37. The zero-order valence-corrected chi connectivity index (χ0v) is 12.7. The molecule has 1 saturated heterocycles. The Bertz CT molecular complexity index is 263. The lowest BCUT2D eigenvalue weighted by Crippen LogP contribution is -2.54. The Morgan fingerprint density at radius 2 is 1.89 bits per heavy atom. The van der Waals surface area contributed by atoms with Crippen LogP contribution in [0.2, 0.25) is 0 Å². The third kappa shape index (κ3) is 4.60. The monoisotopic (exact) mass is 254 g/mol. The highest BCUT2D eigenvalue weighted by atomic mass is 16.2. The van der Waals surface area contributed by atoms with Gasteiger partial charge in [-0.05, 0) is 38.5 Å². The van der Waals surface area contributed by atoms with Crippen LogP contribution >= 0.6 is 0 Å². The summed E-state index contributed by atoms with van der Waals surface area (Å²) in [5, 5.41) is 3.39. The van der Waals surface area contributed by atoms with Crippen LogP contribution in [0.15, 0.2) is 0 Å². The van der Waals surface area contributed by atoms with Crippen molar-refractivity contribution in [2.45, 2.75) is 78.4 Å². The molecular formula is C15H30N2O. The molecular weight excluding hydrogens is 224 g/mol. The highest BCUT2D eigenvalue weighted by Gasteiger charge is 2.31. The second-order valence-corrected chi connectivity index (χ2v) is 6.37. The van der Waals surface area contributed by atoms with Crippen LogP contribution in [-0.2, 0) is 4.79 Å². The summed E-state index contributed by atoms with van der Waals surface area (Å²) in [6, 6.07) is 0.807. The van der Waals surface area contributed by atoms with Gasteiger partial charge in [0.15, 0.2) is 0 Å². The van der Waals surface area contributed by atoms with E-state index in [1.807, 2.05) is 0 Å². The zero-order chi connectivity index (χ0) is 13.7. The normalized spacial score (nSPS) is 22.9. The molecule has 0 radical (unpaired) electrons. The smallest absolute Gasteiger partial charge is 0.239 e. The van der Waals surface area contributed by atoms with Gasteiger partial charge in [-0.1, -0.05) is 27.7 Å². The molecule has 0 saturated carbocycles. The Hall–Kier alpha value is -0.570. The quantitative estimate of drug-likeness (QED) is 0.790. The molecule has 0 aromatic rings. The van der Waals surface area contributed by atoms with Gasteiger partial charge < -0.3 is 10.2 Å². The number of likely N-dealkylation sites (tertiary alicyclic amines) is 1. The van der Waals surface area contributed by atoms with Crippen LogP contribution in [0.3, 0.4) is 0 Å². The highest BCUT2D eigenvalue weighted by Crippen LogP contribution is 2.19. The summed E-state index contributed by atoms with van der Waals surface area (Å²) < 4.78 is 0. The molecule has 0 aliphatic carbocycles. The number of hydrogen-bond donors (Lipinski definition) is 1. The molecule has 18 heavy (non-hydrogen) atoms. The molecule has 3 heteroatoms. The van der Waals surface area contributed by atoms with Crippen molar-refractivity contribution in [2.75, 3.05) is 6.54 Å². The largest absolute Gasteiger partial charge is 0.339 e. The van der Waals surface area contributed by atoms with Crippen molar-refractivity contribution in [1.29, 1.82) is 0 Å². The number of rotatable bonds is 6. The van der Waals surface area contributed by atoms with Crippen LogP contribution in [0, 0.1) is 5.92 Å². The van der Waals surface area contributed by atoms with E-state index in [4.69, 9.17) is 0 Å². The standard InChI is InChI=1S/C15H30N2O/c1-11(2)8-9-13(5)17-10-6-7-14(15(17)18)16-12(3)4/h11-14,16H,6-10H2,1-5H3. The van der Waals surface area contributed by atoms with Crippen molar-refractivity contribution in [1.82, 2.24) is 10.2 Å². The Balaban J connectivity index is 2.51. The average molecular weight is 254 g/mol. The first kappa shape index (κ1) is 15.5. The first-order valence-corrected chi connectivity index (χ1v) is 7.48. The SMILES string of the molecule is CC(C)CCC(C)N1CCCC(NC(C)C)C1=O. The number of amides is 1. The van der Waals surface area contributed by atoms with Crippen LogP contribution in [0.5, 0.6) is 0 Å². The van der Waals surface area contributed by atoms with Gasteiger partial charge in [0.1, 0.15) is 0 Å². The molecule has 0 bridgehead atoms. The van der Waals surface area contributed by atoms with Crippen LogP contribution in [0.1, 0.15) is 60.3 Å². The van der Waals surface area contributed by atoms with E-state index in [0.717, 1.165) is 31.7 Å². The van der Waals surface area contributed by atoms with Gasteiger partial charge in [-0.15, -0.1) is 0 Å². The van der Waals surface area contributed by atoms with Gasteiger partial charge in [0.2, 0.25) is 5.91 Å². The number of carbonyl (C=O) groups is 1. The van der Waals surface area contributed by atoms with Crippen molar-refractivity contribution in [3.05, 3.63) is 0 Å². The van der Waals surface area contributed by atoms with Gasteiger partial charge in [-0.2, -0.15) is 0 Å². The summed E-state index contributed by atoms with van der Waals surface area (Å²) in [5.41, 5.74) is 0. The molecule has 1 fully saturated rings. The van der Waals surface area contributed by atoms with E-state index in [2.05, 4.69) is 44.8 Å². The topological polar surface area (TPSA) is 32.3 Å². The van der Waals surface area contributed by atoms with Gasteiger partial charge in [-0.3, -0.25) is 4.79 Å². The summed E-state index contributed by atoms with van der Waals surface area (Å²) in [4.78, 5) is 14.5. The predicted octanol–water partition coefficient (Wildman–Crippen LogP) is 2.80. The predicted molar refractivity (Wildman–Crippen MR) is 76.5 cm³/mol. The van der Waals surface area contributed by atoms with Crippen molar-refractivity contribution in [2.24, 2.45) is 5.92 Å². The molecule has 1 rings (SSSR count). The number of nitrogens with zero attached hydrogens (tertiary/aromatic N) is 1. The fourth-order valence-electron chi connectivity index (χ4n) is 2.62. The molecule has 1 aliphatic heterocycles. The van der Waals surface area contributed by atoms with E-state index in [0.29, 0.717) is 18.0 Å². The van der Waals surface area contributed by atoms with Crippen LogP contribution in [-0.4, -0.2) is 35.5 Å². The van der Waals surface area contributed by atoms with Crippen molar-refractivity contribution < 1.29 is 4.79 Å². The van der Waals surface area contributed by atoms with Gasteiger partial charge in [0, 0.05) is 18.6 Å². The van der Waals surface area contributed by atoms with Crippen LogP contribution in [0.4, 0.5) is 0 Å². The first-order valence-electron chi connectivity index (χ1n) is 7.48. The highest BCUT2D eigenvalue weighted by molar-refractivity contribution is 5.82. The van der Waals surface area contributed by atoms with Crippen molar-refractivity contribution in [3.8, 4) is 0 Å². The Morgan fingerprint density at radius 1 is 1.22 bits per heavy atom. The number of hydrogen-bond acceptors (Lipinski definition) is 2. The molecule has 2 unspecified atom stereocenters. The molecule has 1 aliphatic rings. The third-order valence-electron chi connectivity index (χ3n) is 3.70. The number of nitrogens with one attached hydrogen (secondary N) is 1. The lowest BCUT2D eigenvalue weighted by atomic mass is 9.98. The summed E-state index contributed by atoms with van der Waals surface area (Å²) in [6.45, 7) is 11.8. The molecule has 1 N–H and O–H groups in total. The fraction of sp³-hybridized carbons (Fsp3) is 0.933. The zero-order valence-electron chi connectivity index (χ0n) is 12.7. The van der Waals surface area contributed by atoms with E-state index in [1.54, 1.807) is 0 Å². The van der Waals surface area contributed by atoms with Gasteiger partial charge in [0.25, 0.3) is 0 Å². The van der Waals surface area contributed by atoms with Gasteiger partial charge in [-0.25, -0.2) is 0 Å². The summed E-state index contributed by atoms with van der Waals surface area (Å²) in [7, 11) is 0. The Kier molecular flexibility index (Phi) is 6.13. The molecule has 0 aromatic heterocycles. The molecule has 2 atom stereocenters. The first-order chi connectivity index (χ1) is 8.41. The van der Waals surface area contributed by atoms with Crippen LogP contribution in [0.25, 0.3) is 0 Å². The third-order valence-corrected chi connectivity index (χ3v) is 3.70. The summed E-state index contributed by atoms with van der Waals surface area (Å²) >= 11 is 0. The minimum atomic E-state index is 0.0419. The maximum absolute atomic E-state index is 12.4. The minimum absolute atomic E-state index is 0.0419.